The van der Waals surface area contributed by atoms with Gasteiger partial charge in [-0.3, -0.25) is 10.1 Å². The van der Waals surface area contributed by atoms with Crippen molar-refractivity contribution in [1.29, 1.82) is 0 Å². The maximum Gasteiger partial charge on any atom is 0.326 e. The van der Waals surface area contributed by atoms with Gasteiger partial charge in [-0.05, 0) is 31.4 Å². The number of nitro groups is 1. The normalized spacial score (nSPS) is 11.9. The Hall–Kier alpha value is -2.15. The molecule has 0 aliphatic carbocycles. The standard InChI is InChI=1S/C13H18N2O5/c1-9-5-6-12(15(18)19)11(8-9)14-10(13(16)17)4-3-7-20-2/h5-6,8,10,14H,3-4,7H2,1-2H3,(H,16,17). The molecular weight excluding hydrogens is 264 g/mol. The molecule has 0 fully saturated rings. The van der Waals surface area contributed by atoms with Crippen molar-refractivity contribution >= 4 is 17.3 Å². The highest BCUT2D eigenvalue weighted by Crippen LogP contribution is 2.26. The first-order valence-corrected chi connectivity index (χ1v) is 6.19. The highest BCUT2D eigenvalue weighted by molar-refractivity contribution is 5.79. The summed E-state index contributed by atoms with van der Waals surface area (Å²) in [4.78, 5) is 21.6. The van der Waals surface area contributed by atoms with Gasteiger partial charge in [-0.2, -0.15) is 0 Å². The van der Waals surface area contributed by atoms with E-state index in [0.29, 0.717) is 19.4 Å². The predicted molar refractivity (Wildman–Crippen MR) is 74.0 cm³/mol. The zero-order chi connectivity index (χ0) is 15.1. The van der Waals surface area contributed by atoms with Crippen LogP contribution in [-0.4, -0.2) is 35.8 Å². The van der Waals surface area contributed by atoms with Gasteiger partial charge in [0.2, 0.25) is 0 Å². The van der Waals surface area contributed by atoms with Crippen LogP contribution in [0.3, 0.4) is 0 Å². The quantitative estimate of drug-likeness (QED) is 0.430. The number of carbonyl (C=O) groups is 1. The van der Waals surface area contributed by atoms with Crippen LogP contribution in [0.25, 0.3) is 0 Å². The summed E-state index contributed by atoms with van der Waals surface area (Å²) in [5.74, 6) is -1.04. The molecule has 0 spiro atoms. The smallest absolute Gasteiger partial charge is 0.326 e. The topological polar surface area (TPSA) is 102 Å². The van der Waals surface area contributed by atoms with Crippen molar-refractivity contribution in [2.24, 2.45) is 0 Å². The Kier molecular flexibility index (Phi) is 5.92. The van der Waals surface area contributed by atoms with Crippen molar-refractivity contribution < 1.29 is 19.6 Å². The van der Waals surface area contributed by atoms with E-state index in [1.54, 1.807) is 19.1 Å². The molecule has 0 bridgehead atoms. The Morgan fingerprint density at radius 1 is 1.55 bits per heavy atom. The SMILES string of the molecule is COCCCC(Nc1cc(C)ccc1[N+](=O)[O-])C(=O)O. The zero-order valence-electron chi connectivity index (χ0n) is 11.5. The fourth-order valence-electron chi connectivity index (χ4n) is 1.80. The van der Waals surface area contributed by atoms with Crippen molar-refractivity contribution in [1.82, 2.24) is 0 Å². The summed E-state index contributed by atoms with van der Waals surface area (Å²) >= 11 is 0. The number of carboxylic acids is 1. The van der Waals surface area contributed by atoms with Crippen LogP contribution in [0.15, 0.2) is 18.2 Å². The number of aliphatic carboxylic acids is 1. The van der Waals surface area contributed by atoms with Crippen molar-refractivity contribution in [2.75, 3.05) is 19.0 Å². The van der Waals surface area contributed by atoms with Crippen LogP contribution in [0.2, 0.25) is 0 Å². The molecule has 20 heavy (non-hydrogen) atoms. The minimum absolute atomic E-state index is 0.131. The highest BCUT2D eigenvalue weighted by Gasteiger charge is 2.21. The molecule has 1 unspecified atom stereocenters. The summed E-state index contributed by atoms with van der Waals surface area (Å²) in [7, 11) is 1.54. The number of nitro benzene ring substituents is 1. The Morgan fingerprint density at radius 2 is 2.25 bits per heavy atom. The lowest BCUT2D eigenvalue weighted by Gasteiger charge is -2.16. The number of benzene rings is 1. The lowest BCUT2D eigenvalue weighted by molar-refractivity contribution is -0.384. The third-order valence-corrected chi connectivity index (χ3v) is 2.82. The first kappa shape index (κ1) is 15.9. The first-order valence-electron chi connectivity index (χ1n) is 6.19. The molecule has 0 aromatic heterocycles. The first-order chi connectivity index (χ1) is 9.45. The molecule has 0 radical (unpaired) electrons. The van der Waals surface area contributed by atoms with Gasteiger partial charge < -0.3 is 15.2 Å². The molecule has 0 aliphatic rings. The van der Waals surface area contributed by atoms with E-state index in [2.05, 4.69) is 5.32 Å². The number of anilines is 1. The zero-order valence-corrected chi connectivity index (χ0v) is 11.5. The molecule has 1 rings (SSSR count). The van der Waals surface area contributed by atoms with Crippen molar-refractivity contribution in [3.63, 3.8) is 0 Å². The molecule has 0 saturated carbocycles. The number of nitrogens with zero attached hydrogens (tertiary/aromatic N) is 1. The molecule has 1 atom stereocenters. The third kappa shape index (κ3) is 4.51. The lowest BCUT2D eigenvalue weighted by atomic mass is 10.1. The van der Waals surface area contributed by atoms with Gasteiger partial charge in [0.05, 0.1) is 4.92 Å². The molecular formula is C13H18N2O5. The fraction of sp³-hybridized carbons (Fsp3) is 0.462. The average molecular weight is 282 g/mol. The van der Waals surface area contributed by atoms with Gasteiger partial charge in [0.1, 0.15) is 11.7 Å². The number of carboxylic acid groups (broad SMARTS) is 1. The molecule has 0 aliphatic heterocycles. The maximum atomic E-state index is 11.2. The number of hydrogen-bond donors (Lipinski definition) is 2. The number of nitrogens with one attached hydrogen (secondary N) is 1. The van der Waals surface area contributed by atoms with Crippen LogP contribution in [0.1, 0.15) is 18.4 Å². The second-order valence-corrected chi connectivity index (χ2v) is 4.45. The Bertz CT molecular complexity index is 490. The highest BCUT2D eigenvalue weighted by atomic mass is 16.6. The van der Waals surface area contributed by atoms with E-state index < -0.39 is 16.9 Å². The molecule has 0 amide bonds. The van der Waals surface area contributed by atoms with Crippen LogP contribution in [-0.2, 0) is 9.53 Å². The number of hydrogen-bond acceptors (Lipinski definition) is 5. The van der Waals surface area contributed by atoms with E-state index >= 15 is 0 Å². The van der Waals surface area contributed by atoms with Gasteiger partial charge in [0.15, 0.2) is 0 Å². The molecule has 7 nitrogen and oxygen atoms in total. The van der Waals surface area contributed by atoms with Gasteiger partial charge in [-0.15, -0.1) is 0 Å². The van der Waals surface area contributed by atoms with Gasteiger partial charge in [0.25, 0.3) is 5.69 Å². The number of rotatable bonds is 8. The third-order valence-electron chi connectivity index (χ3n) is 2.82. The molecule has 0 saturated heterocycles. The average Bonchev–Trinajstić information content (AvgIpc) is 2.37. The van der Waals surface area contributed by atoms with Gasteiger partial charge in [-0.1, -0.05) is 6.07 Å². The van der Waals surface area contributed by atoms with Crippen LogP contribution >= 0.6 is 0 Å². The second-order valence-electron chi connectivity index (χ2n) is 4.45. The van der Waals surface area contributed by atoms with E-state index in [1.807, 2.05) is 0 Å². The van der Waals surface area contributed by atoms with E-state index in [4.69, 9.17) is 9.84 Å². The summed E-state index contributed by atoms with van der Waals surface area (Å²) in [6.45, 7) is 2.23. The molecule has 7 heteroatoms. The second kappa shape index (κ2) is 7.44. The maximum absolute atomic E-state index is 11.2. The van der Waals surface area contributed by atoms with Crippen LogP contribution < -0.4 is 5.32 Å². The lowest BCUT2D eigenvalue weighted by Crippen LogP contribution is -2.29. The summed E-state index contributed by atoms with van der Waals surface area (Å²) in [5.41, 5.74) is 0.910. The van der Waals surface area contributed by atoms with Crippen LogP contribution in [0.5, 0.6) is 0 Å². The van der Waals surface area contributed by atoms with Crippen molar-refractivity contribution in [3.8, 4) is 0 Å². The number of ether oxygens (including phenoxy) is 1. The summed E-state index contributed by atoms with van der Waals surface area (Å²) in [5, 5.41) is 22.8. The summed E-state index contributed by atoms with van der Waals surface area (Å²) in [6, 6.07) is 3.67. The molecule has 2 N–H and O–H groups in total. The molecule has 1 aromatic rings. The Labute approximate surface area is 116 Å². The van der Waals surface area contributed by atoms with E-state index in [9.17, 15) is 14.9 Å². The van der Waals surface area contributed by atoms with Crippen molar-refractivity contribution in [3.05, 3.63) is 33.9 Å². The van der Waals surface area contributed by atoms with Gasteiger partial charge >= 0.3 is 5.97 Å². The van der Waals surface area contributed by atoms with E-state index in [0.717, 1.165) is 5.56 Å². The van der Waals surface area contributed by atoms with Crippen LogP contribution in [0.4, 0.5) is 11.4 Å². The minimum atomic E-state index is -1.04. The molecule has 0 heterocycles. The summed E-state index contributed by atoms with van der Waals surface area (Å²) < 4.78 is 4.87. The fourth-order valence-corrected chi connectivity index (χ4v) is 1.80. The Balaban J connectivity index is 2.89. The Morgan fingerprint density at radius 3 is 2.80 bits per heavy atom. The summed E-state index contributed by atoms with van der Waals surface area (Å²) in [6.07, 6.45) is 0.883. The van der Waals surface area contributed by atoms with Gasteiger partial charge in [-0.25, -0.2) is 4.79 Å². The van der Waals surface area contributed by atoms with Gasteiger partial charge in [0, 0.05) is 19.8 Å². The van der Waals surface area contributed by atoms with E-state index in [1.165, 1.54) is 13.2 Å². The predicted octanol–water partition coefficient (Wildman–Crippen LogP) is 2.19. The van der Waals surface area contributed by atoms with Crippen LogP contribution in [0, 0.1) is 17.0 Å². The van der Waals surface area contributed by atoms with Crippen molar-refractivity contribution in [2.45, 2.75) is 25.8 Å². The largest absolute Gasteiger partial charge is 0.480 e. The monoisotopic (exact) mass is 282 g/mol. The number of aryl methyl sites for hydroxylation is 1. The minimum Gasteiger partial charge on any atom is -0.480 e. The molecule has 110 valence electrons. The molecule has 1 aromatic carbocycles. The van der Waals surface area contributed by atoms with E-state index in [-0.39, 0.29) is 11.4 Å². The number of methoxy groups -OCH3 is 1.